The molecule has 0 bridgehead atoms. The van der Waals surface area contributed by atoms with Crippen LogP contribution >= 0.6 is 11.6 Å². The van der Waals surface area contributed by atoms with E-state index in [1.165, 1.54) is 83.5 Å². The average molecular weight is 361 g/mol. The van der Waals surface area contributed by atoms with Crippen LogP contribution in [0.1, 0.15) is 116 Å². The molecule has 0 heterocycles. The first-order chi connectivity index (χ1) is 11.8. The van der Waals surface area contributed by atoms with E-state index in [1.54, 1.807) is 0 Å². The molecule has 0 atom stereocenters. The van der Waals surface area contributed by atoms with Crippen molar-refractivity contribution in [1.29, 1.82) is 0 Å². The third-order valence-electron chi connectivity index (χ3n) is 4.53. The van der Waals surface area contributed by atoms with Gasteiger partial charge in [-0.25, -0.2) is 0 Å². The Balaban J connectivity index is 3.06. The van der Waals surface area contributed by atoms with E-state index >= 15 is 0 Å². The highest BCUT2D eigenvalue weighted by molar-refractivity contribution is 6.17. The van der Waals surface area contributed by atoms with Crippen LogP contribution in [0.15, 0.2) is 0 Å². The third kappa shape index (κ3) is 19.8. The van der Waals surface area contributed by atoms with Crippen molar-refractivity contribution in [3.05, 3.63) is 0 Å². The quantitative estimate of drug-likeness (QED) is 0.136. The Morgan fingerprint density at radius 1 is 0.667 bits per heavy atom. The summed E-state index contributed by atoms with van der Waals surface area (Å²) >= 11 is 5.54. The summed E-state index contributed by atoms with van der Waals surface area (Å²) in [6.07, 6.45) is 21.5. The average Bonchev–Trinajstić information content (AvgIpc) is 2.58. The molecule has 144 valence electrons. The van der Waals surface area contributed by atoms with Gasteiger partial charge in [-0.1, -0.05) is 96.8 Å². The maximum Gasteiger partial charge on any atom is 0.305 e. The topological polar surface area (TPSA) is 26.3 Å². The number of ether oxygens (including phenoxy) is 1. The lowest BCUT2D eigenvalue weighted by atomic mass is 10.0. The molecule has 0 fully saturated rings. The molecule has 0 aromatic carbocycles. The Morgan fingerprint density at radius 3 is 1.50 bits per heavy atom. The number of unbranched alkanes of at least 4 members (excludes halogenated alkanes) is 14. The van der Waals surface area contributed by atoms with Crippen LogP contribution in [0.4, 0.5) is 0 Å². The second kappa shape index (κ2) is 20.8. The lowest BCUT2D eigenvalue weighted by Crippen LogP contribution is -2.05. The van der Waals surface area contributed by atoms with E-state index in [4.69, 9.17) is 16.3 Å². The van der Waals surface area contributed by atoms with Crippen LogP contribution in [0, 0.1) is 0 Å². The van der Waals surface area contributed by atoms with Gasteiger partial charge in [0.05, 0.1) is 6.61 Å². The highest BCUT2D eigenvalue weighted by atomic mass is 35.5. The minimum absolute atomic E-state index is 0.0604. The van der Waals surface area contributed by atoms with Crippen LogP contribution in [-0.4, -0.2) is 18.5 Å². The van der Waals surface area contributed by atoms with Gasteiger partial charge in [0.1, 0.15) is 0 Å². The van der Waals surface area contributed by atoms with Crippen molar-refractivity contribution in [3.8, 4) is 0 Å². The predicted molar refractivity (Wildman–Crippen MR) is 106 cm³/mol. The fourth-order valence-electron chi connectivity index (χ4n) is 2.95. The zero-order valence-electron chi connectivity index (χ0n) is 16.1. The van der Waals surface area contributed by atoms with Crippen LogP contribution in [-0.2, 0) is 9.53 Å². The number of alkyl halides is 1. The van der Waals surface area contributed by atoms with Crippen molar-refractivity contribution >= 4 is 17.6 Å². The highest BCUT2D eigenvalue weighted by Gasteiger charge is 2.02. The van der Waals surface area contributed by atoms with Crippen molar-refractivity contribution in [2.45, 2.75) is 116 Å². The van der Waals surface area contributed by atoms with Gasteiger partial charge in [-0.2, -0.15) is 0 Å². The van der Waals surface area contributed by atoms with Gasteiger partial charge in [0.25, 0.3) is 0 Å². The molecule has 0 aliphatic carbocycles. The molecule has 0 aromatic heterocycles. The standard InChI is InChI=1S/C21H41ClO2/c1-2-3-4-5-6-7-8-9-10-11-12-13-14-15-16-18-21(23)24-20-17-19-22/h2-20H2,1H3. The van der Waals surface area contributed by atoms with Gasteiger partial charge in [-0.3, -0.25) is 4.79 Å². The molecule has 0 N–H and O–H groups in total. The van der Waals surface area contributed by atoms with Crippen LogP contribution < -0.4 is 0 Å². The van der Waals surface area contributed by atoms with E-state index in [0.29, 0.717) is 18.9 Å². The maximum absolute atomic E-state index is 11.4. The van der Waals surface area contributed by atoms with Crippen molar-refractivity contribution in [1.82, 2.24) is 0 Å². The molecule has 0 aliphatic rings. The summed E-state index contributed by atoms with van der Waals surface area (Å²) in [6, 6.07) is 0. The van der Waals surface area contributed by atoms with Crippen molar-refractivity contribution in [2.75, 3.05) is 12.5 Å². The molecular formula is C21H41ClO2. The highest BCUT2D eigenvalue weighted by Crippen LogP contribution is 2.13. The number of hydrogen-bond donors (Lipinski definition) is 0. The molecule has 0 aliphatic heterocycles. The van der Waals surface area contributed by atoms with Crippen molar-refractivity contribution < 1.29 is 9.53 Å². The number of carbonyl (C=O) groups is 1. The largest absolute Gasteiger partial charge is 0.466 e. The first-order valence-corrected chi connectivity index (χ1v) is 11.1. The van der Waals surface area contributed by atoms with Crippen LogP contribution in [0.5, 0.6) is 0 Å². The zero-order valence-corrected chi connectivity index (χ0v) is 16.9. The SMILES string of the molecule is CCCCCCCCCCCCCCCCCC(=O)OCCCCl. The normalized spacial score (nSPS) is 10.9. The molecular weight excluding hydrogens is 320 g/mol. The second-order valence-corrected chi connectivity index (χ2v) is 7.34. The molecule has 0 radical (unpaired) electrons. The Kier molecular flexibility index (Phi) is 20.6. The molecule has 2 nitrogen and oxygen atoms in total. The summed E-state index contributed by atoms with van der Waals surface area (Å²) in [5, 5.41) is 0. The van der Waals surface area contributed by atoms with E-state index < -0.39 is 0 Å². The fraction of sp³-hybridized carbons (Fsp3) is 0.952. The van der Waals surface area contributed by atoms with E-state index in [2.05, 4.69) is 6.92 Å². The molecule has 0 spiro atoms. The van der Waals surface area contributed by atoms with E-state index in [9.17, 15) is 4.79 Å². The Bertz CT molecular complexity index is 256. The Hall–Kier alpha value is -0.240. The minimum Gasteiger partial charge on any atom is -0.466 e. The van der Waals surface area contributed by atoms with Crippen LogP contribution in [0.3, 0.4) is 0 Å². The van der Waals surface area contributed by atoms with Gasteiger partial charge in [0, 0.05) is 12.3 Å². The number of halogens is 1. The summed E-state index contributed by atoms with van der Waals surface area (Å²) in [4.78, 5) is 11.4. The maximum atomic E-state index is 11.4. The number of esters is 1. The monoisotopic (exact) mass is 360 g/mol. The van der Waals surface area contributed by atoms with Crippen molar-refractivity contribution in [2.24, 2.45) is 0 Å². The summed E-state index contributed by atoms with van der Waals surface area (Å²) in [5.41, 5.74) is 0. The van der Waals surface area contributed by atoms with Gasteiger partial charge >= 0.3 is 5.97 Å². The third-order valence-corrected chi connectivity index (χ3v) is 4.79. The Labute approximate surface area is 156 Å². The van der Waals surface area contributed by atoms with Gasteiger partial charge in [-0.05, 0) is 12.8 Å². The van der Waals surface area contributed by atoms with Gasteiger partial charge in [0.15, 0.2) is 0 Å². The smallest absolute Gasteiger partial charge is 0.305 e. The molecule has 24 heavy (non-hydrogen) atoms. The molecule has 3 heteroatoms. The Morgan fingerprint density at radius 2 is 1.08 bits per heavy atom. The van der Waals surface area contributed by atoms with Gasteiger partial charge in [0.2, 0.25) is 0 Å². The van der Waals surface area contributed by atoms with E-state index in [0.717, 1.165) is 19.3 Å². The first kappa shape index (κ1) is 23.8. The lowest BCUT2D eigenvalue weighted by molar-refractivity contribution is -0.143. The molecule has 0 amide bonds. The zero-order chi connectivity index (χ0) is 17.7. The van der Waals surface area contributed by atoms with Crippen molar-refractivity contribution in [3.63, 3.8) is 0 Å². The second-order valence-electron chi connectivity index (χ2n) is 6.96. The summed E-state index contributed by atoms with van der Waals surface area (Å²) < 4.78 is 5.08. The molecule has 0 saturated heterocycles. The summed E-state index contributed by atoms with van der Waals surface area (Å²) in [6.45, 7) is 2.75. The van der Waals surface area contributed by atoms with E-state index in [1.807, 2.05) is 0 Å². The molecule has 0 rings (SSSR count). The van der Waals surface area contributed by atoms with Crippen LogP contribution in [0.2, 0.25) is 0 Å². The first-order valence-electron chi connectivity index (χ1n) is 10.5. The number of hydrogen-bond acceptors (Lipinski definition) is 2. The summed E-state index contributed by atoms with van der Waals surface area (Å²) in [5.74, 6) is 0.501. The van der Waals surface area contributed by atoms with E-state index in [-0.39, 0.29) is 5.97 Å². The molecule has 0 saturated carbocycles. The summed E-state index contributed by atoms with van der Waals surface area (Å²) in [7, 11) is 0. The number of rotatable bonds is 19. The fourth-order valence-corrected chi connectivity index (χ4v) is 3.06. The van der Waals surface area contributed by atoms with Crippen LogP contribution in [0.25, 0.3) is 0 Å². The molecule has 0 unspecified atom stereocenters. The molecule has 0 aromatic rings. The van der Waals surface area contributed by atoms with Gasteiger partial charge < -0.3 is 4.74 Å². The lowest BCUT2D eigenvalue weighted by Gasteiger charge is -2.04. The predicted octanol–water partition coefficient (Wildman–Crippen LogP) is 7.42. The number of carbonyl (C=O) groups excluding carboxylic acids is 1. The minimum atomic E-state index is -0.0604. The van der Waals surface area contributed by atoms with Gasteiger partial charge in [-0.15, -0.1) is 11.6 Å².